The van der Waals surface area contributed by atoms with Crippen LogP contribution in [0, 0.1) is 0 Å². The minimum absolute atomic E-state index is 0.152. The Morgan fingerprint density at radius 1 is 1.42 bits per heavy atom. The highest BCUT2D eigenvalue weighted by Crippen LogP contribution is 2.51. The predicted octanol–water partition coefficient (Wildman–Crippen LogP) is 2.96. The summed E-state index contributed by atoms with van der Waals surface area (Å²) in [5, 5.41) is -0.152. The molecule has 12 heavy (non-hydrogen) atoms. The molecular formula is C9H19O2P. The quantitative estimate of drug-likeness (QED) is 0.692. The molecular weight excluding hydrogens is 171 g/mol. The normalized spacial score (nSPS) is 24.2. The summed E-state index contributed by atoms with van der Waals surface area (Å²) in [6, 6.07) is 0. The third-order valence-corrected chi connectivity index (χ3v) is 4.68. The minimum atomic E-state index is -2.29. The van der Waals surface area contributed by atoms with E-state index in [1.807, 2.05) is 0 Å². The fraction of sp³-hybridized carbons (Fsp3) is 1.00. The van der Waals surface area contributed by atoms with E-state index in [2.05, 4.69) is 6.92 Å². The molecule has 0 bridgehead atoms. The van der Waals surface area contributed by atoms with Crippen molar-refractivity contribution in [3.63, 3.8) is 0 Å². The number of rotatable bonds is 4. The van der Waals surface area contributed by atoms with Crippen molar-refractivity contribution in [3.05, 3.63) is 0 Å². The summed E-state index contributed by atoms with van der Waals surface area (Å²) in [7, 11) is -2.29. The van der Waals surface area contributed by atoms with Crippen molar-refractivity contribution >= 4 is 8.03 Å². The SMILES string of the molecule is CCCCC1([PH](=O)O)CCCC1. The van der Waals surface area contributed by atoms with E-state index in [1.54, 1.807) is 0 Å². The summed E-state index contributed by atoms with van der Waals surface area (Å²) < 4.78 is 11.2. The molecule has 1 unspecified atom stereocenters. The molecule has 1 fully saturated rings. The fourth-order valence-corrected chi connectivity index (χ4v) is 3.31. The van der Waals surface area contributed by atoms with E-state index >= 15 is 0 Å². The average molecular weight is 190 g/mol. The highest BCUT2D eigenvalue weighted by atomic mass is 31.1. The van der Waals surface area contributed by atoms with Crippen molar-refractivity contribution in [3.8, 4) is 0 Å². The molecule has 1 atom stereocenters. The van der Waals surface area contributed by atoms with E-state index in [9.17, 15) is 9.46 Å². The van der Waals surface area contributed by atoms with E-state index in [4.69, 9.17) is 0 Å². The zero-order chi connectivity index (χ0) is 9.03. The van der Waals surface area contributed by atoms with Gasteiger partial charge in [-0.3, -0.25) is 4.57 Å². The van der Waals surface area contributed by atoms with Gasteiger partial charge in [0, 0.05) is 5.16 Å². The molecule has 0 spiro atoms. The van der Waals surface area contributed by atoms with Gasteiger partial charge in [0.05, 0.1) is 0 Å². The van der Waals surface area contributed by atoms with Crippen molar-refractivity contribution in [2.45, 2.75) is 57.0 Å². The molecule has 1 aliphatic carbocycles. The Bertz CT molecular complexity index is 162. The molecule has 0 aromatic rings. The van der Waals surface area contributed by atoms with Gasteiger partial charge in [-0.05, 0) is 19.3 Å². The Hall–Kier alpha value is 0.190. The van der Waals surface area contributed by atoms with Crippen molar-refractivity contribution < 1.29 is 9.46 Å². The molecule has 0 aromatic heterocycles. The molecule has 1 saturated carbocycles. The van der Waals surface area contributed by atoms with Crippen molar-refractivity contribution in [1.82, 2.24) is 0 Å². The maximum Gasteiger partial charge on any atom is 0.195 e. The van der Waals surface area contributed by atoms with E-state index in [1.165, 1.54) is 0 Å². The van der Waals surface area contributed by atoms with E-state index in [0.717, 1.165) is 44.9 Å². The summed E-state index contributed by atoms with van der Waals surface area (Å²) in [6.07, 6.45) is 7.50. The van der Waals surface area contributed by atoms with Gasteiger partial charge in [0.1, 0.15) is 0 Å². The van der Waals surface area contributed by atoms with Gasteiger partial charge >= 0.3 is 0 Å². The molecule has 1 aliphatic rings. The second-order valence-electron chi connectivity index (χ2n) is 3.90. The second kappa shape index (κ2) is 4.43. The Kier molecular flexibility index (Phi) is 3.79. The second-order valence-corrected chi connectivity index (χ2v) is 5.57. The molecule has 1 rings (SSSR count). The number of hydrogen-bond donors (Lipinski definition) is 1. The first kappa shape index (κ1) is 10.3. The Morgan fingerprint density at radius 3 is 2.42 bits per heavy atom. The molecule has 0 aromatic carbocycles. The Labute approximate surface area is 75.2 Å². The van der Waals surface area contributed by atoms with Gasteiger partial charge in [-0.1, -0.05) is 32.6 Å². The van der Waals surface area contributed by atoms with Gasteiger partial charge in [0.15, 0.2) is 8.03 Å². The van der Waals surface area contributed by atoms with Crippen LogP contribution in [0.15, 0.2) is 0 Å². The summed E-state index contributed by atoms with van der Waals surface area (Å²) in [5.74, 6) is 0. The molecule has 0 aliphatic heterocycles. The summed E-state index contributed by atoms with van der Waals surface area (Å²) in [4.78, 5) is 9.28. The molecule has 1 N–H and O–H groups in total. The van der Waals surface area contributed by atoms with Crippen LogP contribution in [-0.2, 0) is 4.57 Å². The predicted molar refractivity (Wildman–Crippen MR) is 51.9 cm³/mol. The van der Waals surface area contributed by atoms with E-state index in [0.29, 0.717) is 0 Å². The highest BCUT2D eigenvalue weighted by molar-refractivity contribution is 7.40. The summed E-state index contributed by atoms with van der Waals surface area (Å²) in [5.41, 5.74) is 0. The average Bonchev–Trinajstić information content (AvgIpc) is 2.50. The molecule has 72 valence electrons. The molecule has 0 amide bonds. The lowest BCUT2D eigenvalue weighted by Crippen LogP contribution is -2.19. The van der Waals surface area contributed by atoms with Gasteiger partial charge in [-0.2, -0.15) is 0 Å². The van der Waals surface area contributed by atoms with Gasteiger partial charge in [-0.15, -0.1) is 0 Å². The topological polar surface area (TPSA) is 37.3 Å². The van der Waals surface area contributed by atoms with Crippen molar-refractivity contribution in [2.24, 2.45) is 0 Å². The minimum Gasteiger partial charge on any atom is -0.346 e. The van der Waals surface area contributed by atoms with Crippen molar-refractivity contribution in [2.75, 3.05) is 0 Å². The Balaban J connectivity index is 2.53. The van der Waals surface area contributed by atoms with Crippen LogP contribution in [0.2, 0.25) is 0 Å². The molecule has 3 heteroatoms. The van der Waals surface area contributed by atoms with Crippen LogP contribution < -0.4 is 0 Å². The first-order valence-corrected chi connectivity index (χ1v) is 6.30. The van der Waals surface area contributed by atoms with E-state index < -0.39 is 8.03 Å². The lowest BCUT2D eigenvalue weighted by atomic mass is 10.00. The zero-order valence-corrected chi connectivity index (χ0v) is 8.81. The largest absolute Gasteiger partial charge is 0.346 e. The lowest BCUT2D eigenvalue weighted by molar-refractivity contribution is 0.420. The maximum absolute atomic E-state index is 11.2. The van der Waals surface area contributed by atoms with Crippen LogP contribution in [-0.4, -0.2) is 10.0 Å². The molecule has 0 heterocycles. The lowest BCUT2D eigenvalue weighted by Gasteiger charge is -2.24. The van der Waals surface area contributed by atoms with E-state index in [-0.39, 0.29) is 5.16 Å². The van der Waals surface area contributed by atoms with Gasteiger partial charge < -0.3 is 4.89 Å². The number of hydrogen-bond acceptors (Lipinski definition) is 1. The summed E-state index contributed by atoms with van der Waals surface area (Å²) >= 11 is 0. The van der Waals surface area contributed by atoms with Gasteiger partial charge in [0.2, 0.25) is 0 Å². The Morgan fingerprint density at radius 2 is 2.00 bits per heavy atom. The monoisotopic (exact) mass is 190 g/mol. The van der Waals surface area contributed by atoms with Crippen LogP contribution >= 0.6 is 8.03 Å². The van der Waals surface area contributed by atoms with Crippen LogP contribution in [0.5, 0.6) is 0 Å². The standard InChI is InChI=1S/C9H19O2P/c1-2-3-6-9(12(10)11)7-4-5-8-9/h12H,2-8H2,1H3,(H,10,11). The summed E-state index contributed by atoms with van der Waals surface area (Å²) in [6.45, 7) is 2.14. The van der Waals surface area contributed by atoms with Crippen LogP contribution in [0.4, 0.5) is 0 Å². The van der Waals surface area contributed by atoms with Crippen LogP contribution in [0.3, 0.4) is 0 Å². The molecule has 0 radical (unpaired) electrons. The van der Waals surface area contributed by atoms with Gasteiger partial charge in [-0.25, -0.2) is 0 Å². The smallest absolute Gasteiger partial charge is 0.195 e. The highest BCUT2D eigenvalue weighted by Gasteiger charge is 2.37. The number of unbranched alkanes of at least 4 members (excludes halogenated alkanes) is 1. The third kappa shape index (κ3) is 2.11. The van der Waals surface area contributed by atoms with Crippen LogP contribution in [0.25, 0.3) is 0 Å². The third-order valence-electron chi connectivity index (χ3n) is 3.02. The molecule has 2 nitrogen and oxygen atoms in total. The van der Waals surface area contributed by atoms with Gasteiger partial charge in [0.25, 0.3) is 0 Å². The van der Waals surface area contributed by atoms with Crippen LogP contribution in [0.1, 0.15) is 51.9 Å². The first-order valence-electron chi connectivity index (χ1n) is 4.95. The zero-order valence-electron chi connectivity index (χ0n) is 7.81. The molecule has 0 saturated heterocycles. The maximum atomic E-state index is 11.2. The first-order chi connectivity index (χ1) is 5.71. The fourth-order valence-electron chi connectivity index (χ4n) is 2.14. The van der Waals surface area contributed by atoms with Crippen molar-refractivity contribution in [1.29, 1.82) is 0 Å².